The molecule has 0 atom stereocenters. The highest BCUT2D eigenvalue weighted by atomic mass is 35.5. The Kier molecular flexibility index (Phi) is 6.63. The molecule has 1 saturated heterocycles. The van der Waals surface area contributed by atoms with Crippen LogP contribution in [0.5, 0.6) is 0 Å². The molecule has 0 unspecified atom stereocenters. The summed E-state index contributed by atoms with van der Waals surface area (Å²) >= 11 is 6.42. The van der Waals surface area contributed by atoms with Gasteiger partial charge in [-0.3, -0.25) is 0 Å². The maximum absolute atomic E-state index is 12.9. The van der Waals surface area contributed by atoms with Crippen LogP contribution in [0.15, 0.2) is 59.1 Å². The Bertz CT molecular complexity index is 1120. The molecule has 3 rings (SSSR count). The minimum Gasteiger partial charge on any atom is -0.366 e. The molecule has 1 aliphatic rings. The fraction of sp³-hybridized carbons (Fsp3) is 0.238. The summed E-state index contributed by atoms with van der Waals surface area (Å²) in [4.78, 5) is 2.28. The number of halogens is 1. The molecule has 30 heavy (non-hydrogen) atoms. The summed E-state index contributed by atoms with van der Waals surface area (Å²) in [7, 11) is -3.56. The molecular weight excluding hydrogens is 422 g/mol. The van der Waals surface area contributed by atoms with E-state index in [0.29, 0.717) is 42.6 Å². The van der Waals surface area contributed by atoms with E-state index in [1.54, 1.807) is 54.6 Å². The minimum absolute atomic E-state index is 0.0602. The average Bonchev–Trinajstić information content (AvgIpc) is 2.75. The molecule has 1 fully saturated rings. The van der Waals surface area contributed by atoms with Crippen LogP contribution in [-0.2, 0) is 10.0 Å². The first-order valence-corrected chi connectivity index (χ1v) is 11.1. The van der Waals surface area contributed by atoms with Gasteiger partial charge in [0.05, 0.1) is 21.3 Å². The molecule has 1 aliphatic heterocycles. The maximum atomic E-state index is 12.9. The van der Waals surface area contributed by atoms with Crippen molar-refractivity contribution >= 4 is 33.0 Å². The van der Waals surface area contributed by atoms with Crippen molar-refractivity contribution in [3.05, 3.63) is 64.8 Å². The summed E-state index contributed by atoms with van der Waals surface area (Å²) in [5, 5.41) is 21.3. The maximum Gasteiger partial charge on any atom is 0.243 e. The van der Waals surface area contributed by atoms with Gasteiger partial charge >= 0.3 is 0 Å². The average molecular weight is 442 g/mol. The van der Waals surface area contributed by atoms with Crippen molar-refractivity contribution in [3.8, 4) is 12.1 Å². The Balaban J connectivity index is 1.78. The minimum atomic E-state index is -3.56. The molecular formula is C21H20ClN5O2S. The van der Waals surface area contributed by atoms with Gasteiger partial charge in [-0.1, -0.05) is 35.4 Å². The molecule has 7 nitrogen and oxygen atoms in total. The van der Waals surface area contributed by atoms with Gasteiger partial charge in [-0.25, -0.2) is 8.42 Å². The second-order valence-corrected chi connectivity index (χ2v) is 9.11. The molecule has 0 saturated carbocycles. The van der Waals surface area contributed by atoms with Crippen LogP contribution in [0.2, 0.25) is 5.02 Å². The van der Waals surface area contributed by atoms with E-state index in [1.165, 1.54) is 10.5 Å². The highest BCUT2D eigenvalue weighted by Gasteiger charge is 2.29. The lowest BCUT2D eigenvalue weighted by molar-refractivity contribution is 0.385. The number of nitrogens with one attached hydrogen (secondary N) is 1. The Morgan fingerprint density at radius 2 is 1.70 bits per heavy atom. The number of allylic oxidation sites excluding steroid dienone is 1. The van der Waals surface area contributed by atoms with Crippen LogP contribution in [0.1, 0.15) is 5.56 Å². The van der Waals surface area contributed by atoms with Crippen molar-refractivity contribution in [3.63, 3.8) is 0 Å². The summed E-state index contributed by atoms with van der Waals surface area (Å²) in [5.74, 6) is 0. The molecule has 0 aromatic heterocycles. The van der Waals surface area contributed by atoms with Crippen LogP contribution < -0.4 is 10.2 Å². The number of aryl methyl sites for hydroxylation is 1. The van der Waals surface area contributed by atoms with Gasteiger partial charge in [-0.2, -0.15) is 14.8 Å². The van der Waals surface area contributed by atoms with Crippen LogP contribution in [0, 0.1) is 29.6 Å². The van der Waals surface area contributed by atoms with Crippen LogP contribution in [0.25, 0.3) is 0 Å². The van der Waals surface area contributed by atoms with Crippen LogP contribution in [0.3, 0.4) is 0 Å². The Labute approximate surface area is 181 Å². The van der Waals surface area contributed by atoms with Crippen molar-refractivity contribution < 1.29 is 8.42 Å². The number of rotatable bonds is 5. The lowest BCUT2D eigenvalue weighted by atomic mass is 10.2. The van der Waals surface area contributed by atoms with Crippen molar-refractivity contribution in [2.75, 3.05) is 36.4 Å². The normalized spacial score (nSPS) is 14.5. The smallest absolute Gasteiger partial charge is 0.243 e. The largest absolute Gasteiger partial charge is 0.366 e. The van der Waals surface area contributed by atoms with E-state index in [2.05, 4.69) is 5.32 Å². The van der Waals surface area contributed by atoms with Gasteiger partial charge in [0.15, 0.2) is 0 Å². The van der Waals surface area contributed by atoms with Gasteiger partial charge in [0.25, 0.3) is 0 Å². The predicted octanol–water partition coefficient (Wildman–Crippen LogP) is 3.50. The van der Waals surface area contributed by atoms with E-state index in [0.717, 1.165) is 5.56 Å². The topological polar surface area (TPSA) is 100 Å². The van der Waals surface area contributed by atoms with E-state index in [1.807, 2.05) is 11.8 Å². The molecule has 0 aliphatic carbocycles. The molecule has 0 spiro atoms. The summed E-state index contributed by atoms with van der Waals surface area (Å²) in [6, 6.07) is 15.7. The van der Waals surface area contributed by atoms with E-state index in [9.17, 15) is 8.42 Å². The van der Waals surface area contributed by atoms with Gasteiger partial charge in [-0.15, -0.1) is 0 Å². The Hall–Kier alpha value is -3.04. The number of nitrogens with zero attached hydrogens (tertiary/aromatic N) is 4. The molecule has 0 bridgehead atoms. The molecule has 1 heterocycles. The Morgan fingerprint density at radius 1 is 1.07 bits per heavy atom. The van der Waals surface area contributed by atoms with E-state index < -0.39 is 10.0 Å². The molecule has 2 aromatic rings. The number of piperazine rings is 1. The van der Waals surface area contributed by atoms with Gasteiger partial charge in [0.1, 0.15) is 17.7 Å². The summed E-state index contributed by atoms with van der Waals surface area (Å²) in [5.41, 5.74) is 2.29. The molecule has 154 valence electrons. The fourth-order valence-corrected chi connectivity index (χ4v) is 4.92. The van der Waals surface area contributed by atoms with Gasteiger partial charge in [0.2, 0.25) is 10.0 Å². The SMILES string of the molecule is Cc1ccc(S(=O)(=O)N2CCN(c3c(Cl)cccc3NC=C(C#N)C#N)CC2)cc1. The number of para-hydroxylation sites is 1. The highest BCUT2D eigenvalue weighted by Crippen LogP contribution is 2.35. The first kappa shape index (κ1) is 21.7. The summed E-state index contributed by atoms with van der Waals surface area (Å²) < 4.78 is 27.3. The zero-order valence-electron chi connectivity index (χ0n) is 16.3. The first-order valence-electron chi connectivity index (χ1n) is 9.24. The number of anilines is 2. The van der Waals surface area contributed by atoms with Crippen molar-refractivity contribution in [1.29, 1.82) is 10.5 Å². The fourth-order valence-electron chi connectivity index (χ4n) is 3.20. The van der Waals surface area contributed by atoms with E-state index in [-0.39, 0.29) is 10.5 Å². The van der Waals surface area contributed by atoms with Gasteiger partial charge < -0.3 is 10.2 Å². The lowest BCUT2D eigenvalue weighted by Crippen LogP contribution is -2.48. The second kappa shape index (κ2) is 9.19. The summed E-state index contributed by atoms with van der Waals surface area (Å²) in [6.45, 7) is 3.46. The standard InChI is InChI=1S/C21H20ClN5O2S/c1-16-5-7-18(8-6-16)30(28,29)27-11-9-26(10-12-27)21-19(22)3-2-4-20(21)25-15-17(13-23)14-24/h2-8,15,25H,9-12H2,1H3. The van der Waals surface area contributed by atoms with Crippen molar-refractivity contribution in [1.82, 2.24) is 4.31 Å². The third kappa shape index (κ3) is 4.58. The number of nitriles is 2. The zero-order chi connectivity index (χ0) is 21.7. The second-order valence-electron chi connectivity index (χ2n) is 6.77. The van der Waals surface area contributed by atoms with E-state index >= 15 is 0 Å². The van der Waals surface area contributed by atoms with Crippen molar-refractivity contribution in [2.24, 2.45) is 0 Å². The van der Waals surface area contributed by atoms with Crippen LogP contribution in [-0.4, -0.2) is 38.9 Å². The number of sulfonamides is 1. The van der Waals surface area contributed by atoms with E-state index in [4.69, 9.17) is 22.1 Å². The lowest BCUT2D eigenvalue weighted by Gasteiger charge is -2.36. The third-order valence-electron chi connectivity index (χ3n) is 4.81. The van der Waals surface area contributed by atoms with Crippen LogP contribution in [0.4, 0.5) is 11.4 Å². The number of hydrogen-bond donors (Lipinski definition) is 1. The molecule has 0 amide bonds. The van der Waals surface area contributed by atoms with Gasteiger partial charge in [-0.05, 0) is 31.2 Å². The Morgan fingerprint density at radius 3 is 2.30 bits per heavy atom. The molecule has 9 heteroatoms. The number of benzene rings is 2. The molecule has 2 aromatic carbocycles. The zero-order valence-corrected chi connectivity index (χ0v) is 17.9. The summed E-state index contributed by atoms with van der Waals surface area (Å²) in [6.07, 6.45) is 1.33. The van der Waals surface area contributed by atoms with Gasteiger partial charge in [0, 0.05) is 32.4 Å². The molecule has 0 radical (unpaired) electrons. The monoisotopic (exact) mass is 441 g/mol. The third-order valence-corrected chi connectivity index (χ3v) is 7.03. The quantitative estimate of drug-likeness (QED) is 0.712. The number of hydrogen-bond acceptors (Lipinski definition) is 6. The van der Waals surface area contributed by atoms with Crippen molar-refractivity contribution in [2.45, 2.75) is 11.8 Å². The first-order chi connectivity index (χ1) is 14.4. The van der Waals surface area contributed by atoms with Crippen LogP contribution >= 0.6 is 11.6 Å². The molecule has 1 N–H and O–H groups in total. The predicted molar refractivity (Wildman–Crippen MR) is 117 cm³/mol. The highest BCUT2D eigenvalue weighted by molar-refractivity contribution is 7.89.